The third-order valence-corrected chi connectivity index (χ3v) is 4.25. The summed E-state index contributed by atoms with van der Waals surface area (Å²) < 4.78 is 1.99. The highest BCUT2D eigenvalue weighted by Crippen LogP contribution is 2.26. The second-order valence-electron chi connectivity index (χ2n) is 5.55. The van der Waals surface area contributed by atoms with E-state index in [1.165, 1.54) is 0 Å². The fourth-order valence-electron chi connectivity index (χ4n) is 2.29. The van der Waals surface area contributed by atoms with E-state index in [0.717, 1.165) is 11.6 Å². The molecule has 6 nitrogen and oxygen atoms in total. The van der Waals surface area contributed by atoms with Crippen LogP contribution in [0.3, 0.4) is 0 Å². The number of fused-ring (bicyclic) bond motifs is 1. The van der Waals surface area contributed by atoms with Crippen molar-refractivity contribution in [1.82, 2.24) is 24.7 Å². The monoisotopic (exact) mass is 350 g/mol. The maximum absolute atomic E-state index is 6.02. The largest absolute Gasteiger partial charge is 0.361 e. The van der Waals surface area contributed by atoms with Crippen molar-refractivity contribution in [1.29, 1.82) is 0 Å². The Morgan fingerprint density at radius 2 is 1.83 bits per heavy atom. The minimum absolute atomic E-state index is 0.327. The number of nitrogens with one attached hydrogen (secondary N) is 1. The van der Waals surface area contributed by atoms with Crippen LogP contribution in [-0.4, -0.2) is 24.7 Å². The SMILES string of the molecule is CC(C)c1nnc(CNc2cnc3cc(Cl)c(Cl)cc3n2)n1C. The van der Waals surface area contributed by atoms with E-state index in [1.54, 1.807) is 18.3 Å². The second kappa shape index (κ2) is 6.29. The fourth-order valence-corrected chi connectivity index (χ4v) is 2.61. The summed E-state index contributed by atoms with van der Waals surface area (Å²) in [7, 11) is 1.96. The molecule has 0 radical (unpaired) electrons. The van der Waals surface area contributed by atoms with Gasteiger partial charge in [0.25, 0.3) is 0 Å². The van der Waals surface area contributed by atoms with Crippen molar-refractivity contribution in [2.75, 3.05) is 5.32 Å². The van der Waals surface area contributed by atoms with Gasteiger partial charge in [0, 0.05) is 13.0 Å². The molecule has 0 spiro atoms. The van der Waals surface area contributed by atoms with Gasteiger partial charge >= 0.3 is 0 Å². The highest BCUT2D eigenvalue weighted by atomic mass is 35.5. The van der Waals surface area contributed by atoms with Crippen LogP contribution in [0.2, 0.25) is 10.0 Å². The first-order chi connectivity index (χ1) is 11.0. The van der Waals surface area contributed by atoms with Gasteiger partial charge in [-0.25, -0.2) is 4.98 Å². The Balaban J connectivity index is 1.81. The van der Waals surface area contributed by atoms with E-state index in [4.69, 9.17) is 23.2 Å². The van der Waals surface area contributed by atoms with E-state index in [0.29, 0.717) is 39.4 Å². The lowest BCUT2D eigenvalue weighted by atomic mass is 10.2. The number of aromatic nitrogens is 5. The normalized spacial score (nSPS) is 11.4. The maximum atomic E-state index is 6.02. The van der Waals surface area contributed by atoms with Crippen molar-refractivity contribution < 1.29 is 0 Å². The Labute approximate surface area is 143 Å². The molecule has 3 aromatic rings. The van der Waals surface area contributed by atoms with Gasteiger partial charge in [-0.3, -0.25) is 4.98 Å². The number of hydrogen-bond acceptors (Lipinski definition) is 5. The van der Waals surface area contributed by atoms with Crippen LogP contribution in [-0.2, 0) is 13.6 Å². The lowest BCUT2D eigenvalue weighted by molar-refractivity contribution is 0.692. The summed E-state index contributed by atoms with van der Waals surface area (Å²) in [6.45, 7) is 4.69. The summed E-state index contributed by atoms with van der Waals surface area (Å²) in [6.07, 6.45) is 1.66. The van der Waals surface area contributed by atoms with E-state index >= 15 is 0 Å². The van der Waals surface area contributed by atoms with Gasteiger partial charge in [0.2, 0.25) is 0 Å². The molecule has 8 heteroatoms. The number of anilines is 1. The van der Waals surface area contributed by atoms with Crippen LogP contribution >= 0.6 is 23.2 Å². The Morgan fingerprint density at radius 1 is 1.13 bits per heavy atom. The Morgan fingerprint density at radius 3 is 2.48 bits per heavy atom. The molecule has 0 unspecified atom stereocenters. The van der Waals surface area contributed by atoms with Crippen molar-refractivity contribution in [2.45, 2.75) is 26.3 Å². The van der Waals surface area contributed by atoms with Crippen molar-refractivity contribution in [2.24, 2.45) is 7.05 Å². The number of rotatable bonds is 4. The molecule has 3 rings (SSSR count). The molecular formula is C15H16Cl2N6. The maximum Gasteiger partial charge on any atom is 0.152 e. The minimum Gasteiger partial charge on any atom is -0.361 e. The highest BCUT2D eigenvalue weighted by molar-refractivity contribution is 6.42. The zero-order valence-corrected chi connectivity index (χ0v) is 14.5. The van der Waals surface area contributed by atoms with Crippen molar-refractivity contribution >= 4 is 40.1 Å². The molecule has 0 amide bonds. The average molecular weight is 351 g/mol. The van der Waals surface area contributed by atoms with Crippen molar-refractivity contribution in [3.63, 3.8) is 0 Å². The summed E-state index contributed by atoms with van der Waals surface area (Å²) >= 11 is 12.0. The number of benzene rings is 1. The topological polar surface area (TPSA) is 68.5 Å². The molecule has 0 saturated heterocycles. The predicted molar refractivity (Wildman–Crippen MR) is 92.0 cm³/mol. The minimum atomic E-state index is 0.327. The van der Waals surface area contributed by atoms with Crippen LogP contribution < -0.4 is 5.32 Å². The number of nitrogens with zero attached hydrogens (tertiary/aromatic N) is 5. The van der Waals surface area contributed by atoms with Gasteiger partial charge in [-0.15, -0.1) is 10.2 Å². The Kier molecular flexibility index (Phi) is 4.37. The number of hydrogen-bond donors (Lipinski definition) is 1. The molecule has 2 heterocycles. The smallest absolute Gasteiger partial charge is 0.152 e. The first kappa shape index (κ1) is 16.0. The summed E-state index contributed by atoms with van der Waals surface area (Å²) in [5.41, 5.74) is 1.39. The average Bonchev–Trinajstić information content (AvgIpc) is 2.87. The molecule has 0 aliphatic heterocycles. The quantitative estimate of drug-likeness (QED) is 0.774. The van der Waals surface area contributed by atoms with Gasteiger partial charge < -0.3 is 9.88 Å². The molecular weight excluding hydrogens is 335 g/mol. The Bertz CT molecular complexity index is 859. The Hall–Kier alpha value is -1.92. The third kappa shape index (κ3) is 3.23. The zero-order valence-electron chi connectivity index (χ0n) is 13.0. The van der Waals surface area contributed by atoms with Crippen LogP contribution in [0.1, 0.15) is 31.4 Å². The third-order valence-electron chi connectivity index (χ3n) is 3.53. The van der Waals surface area contributed by atoms with Gasteiger partial charge in [-0.1, -0.05) is 37.0 Å². The summed E-state index contributed by atoms with van der Waals surface area (Å²) in [4.78, 5) is 8.83. The van der Waals surface area contributed by atoms with Crippen LogP contribution in [0, 0.1) is 0 Å². The van der Waals surface area contributed by atoms with Gasteiger partial charge in [-0.2, -0.15) is 0 Å². The number of halogens is 2. The van der Waals surface area contributed by atoms with Gasteiger partial charge in [0.1, 0.15) is 11.6 Å². The van der Waals surface area contributed by atoms with Gasteiger partial charge in [-0.05, 0) is 12.1 Å². The molecule has 2 aromatic heterocycles. The van der Waals surface area contributed by atoms with E-state index in [1.807, 2.05) is 11.6 Å². The standard InChI is InChI=1S/C15H16Cl2N6/c1-8(2)15-22-21-14(23(15)3)7-19-13-6-18-11-4-9(16)10(17)5-12(11)20-13/h4-6,8H,7H2,1-3H3,(H,19,20). The molecule has 0 saturated carbocycles. The molecule has 0 aliphatic carbocycles. The van der Waals surface area contributed by atoms with Gasteiger partial charge in [0.05, 0.1) is 33.8 Å². The molecule has 23 heavy (non-hydrogen) atoms. The van der Waals surface area contributed by atoms with Crippen LogP contribution in [0.4, 0.5) is 5.82 Å². The van der Waals surface area contributed by atoms with E-state index in [9.17, 15) is 0 Å². The van der Waals surface area contributed by atoms with E-state index < -0.39 is 0 Å². The highest BCUT2D eigenvalue weighted by Gasteiger charge is 2.12. The lowest BCUT2D eigenvalue weighted by Gasteiger charge is -2.08. The summed E-state index contributed by atoms with van der Waals surface area (Å²) in [6, 6.07) is 3.41. The van der Waals surface area contributed by atoms with E-state index in [-0.39, 0.29) is 0 Å². The summed E-state index contributed by atoms with van der Waals surface area (Å²) in [5.74, 6) is 2.76. The van der Waals surface area contributed by atoms with Crippen LogP contribution in [0.25, 0.3) is 11.0 Å². The molecule has 0 bridgehead atoms. The lowest BCUT2D eigenvalue weighted by Crippen LogP contribution is -2.09. The molecule has 0 fully saturated rings. The molecule has 1 aromatic carbocycles. The summed E-state index contributed by atoms with van der Waals surface area (Å²) in [5, 5.41) is 12.5. The molecule has 1 N–H and O–H groups in total. The molecule has 0 aliphatic rings. The first-order valence-electron chi connectivity index (χ1n) is 7.19. The molecule has 120 valence electrons. The molecule has 0 atom stereocenters. The first-order valence-corrected chi connectivity index (χ1v) is 7.95. The fraction of sp³-hybridized carbons (Fsp3) is 0.333. The second-order valence-corrected chi connectivity index (χ2v) is 6.37. The zero-order chi connectivity index (χ0) is 16.6. The van der Waals surface area contributed by atoms with Gasteiger partial charge in [0.15, 0.2) is 5.82 Å². The predicted octanol–water partition coefficient (Wildman–Crippen LogP) is 3.80. The van der Waals surface area contributed by atoms with E-state index in [2.05, 4.69) is 39.3 Å². The van der Waals surface area contributed by atoms with Crippen molar-refractivity contribution in [3.8, 4) is 0 Å². The van der Waals surface area contributed by atoms with Crippen molar-refractivity contribution in [3.05, 3.63) is 40.0 Å². The van der Waals surface area contributed by atoms with Crippen LogP contribution in [0.5, 0.6) is 0 Å². The van der Waals surface area contributed by atoms with Crippen LogP contribution in [0.15, 0.2) is 18.3 Å².